The number of nitrogens with zero attached hydrogens (tertiary/aromatic N) is 4. The summed E-state index contributed by atoms with van der Waals surface area (Å²) in [6, 6.07) is 9.97. The number of halogens is 1. The molecule has 1 aliphatic heterocycles. The number of methoxy groups -OCH3 is 1. The maximum Gasteiger partial charge on any atom is 0.261 e. The third kappa shape index (κ3) is 5.31. The Balaban J connectivity index is 1.49. The number of aromatic nitrogens is 2. The van der Waals surface area contributed by atoms with Crippen LogP contribution in [-0.2, 0) is 20.9 Å². The second kappa shape index (κ2) is 10.5. The van der Waals surface area contributed by atoms with Crippen LogP contribution < -0.4 is 10.5 Å². The molecule has 0 radical (unpaired) electrons. The summed E-state index contributed by atoms with van der Waals surface area (Å²) in [7, 11) is 1.51. The lowest BCUT2D eigenvalue weighted by molar-refractivity contribution is -0.159. The number of nitrogen functional groups attached to an aromatic ring is 1. The normalized spacial score (nSPS) is 18.2. The van der Waals surface area contributed by atoms with Gasteiger partial charge in [0.25, 0.3) is 5.91 Å². The van der Waals surface area contributed by atoms with Crippen LogP contribution in [0.4, 0.5) is 5.82 Å². The number of piperazine rings is 1. The molecule has 1 aromatic heterocycles. The van der Waals surface area contributed by atoms with Crippen LogP contribution in [0.5, 0.6) is 5.75 Å². The van der Waals surface area contributed by atoms with Gasteiger partial charge in [-0.3, -0.25) is 9.59 Å². The molecule has 3 aromatic rings. The number of ether oxygens (including phenoxy) is 2. The predicted octanol–water partition coefficient (Wildman–Crippen LogP) is 2.83. The highest BCUT2D eigenvalue weighted by atomic mass is 35.5. The summed E-state index contributed by atoms with van der Waals surface area (Å²) in [5.41, 5.74) is 8.41. The van der Waals surface area contributed by atoms with E-state index in [9.17, 15) is 9.59 Å². The number of carbonyl (C=O) groups is 2. The SMILES string of the molecule is COC[C@H]1C(=O)N(Cc2ccc3c(N)ncnc3c2)C(C)CN1C(=O)COc1cc(Cl)ccc1C. The number of hydrogen-bond acceptors (Lipinski definition) is 7. The lowest BCUT2D eigenvalue weighted by Crippen LogP contribution is -2.63. The number of benzene rings is 2. The van der Waals surface area contributed by atoms with Crippen LogP contribution in [0.2, 0.25) is 5.02 Å². The molecular formula is C25H28ClN5O4. The van der Waals surface area contributed by atoms with E-state index in [-0.39, 0.29) is 31.1 Å². The summed E-state index contributed by atoms with van der Waals surface area (Å²) >= 11 is 6.05. The first kappa shape index (κ1) is 24.7. The van der Waals surface area contributed by atoms with Crippen molar-refractivity contribution in [1.29, 1.82) is 0 Å². The van der Waals surface area contributed by atoms with Gasteiger partial charge in [-0.25, -0.2) is 9.97 Å². The van der Waals surface area contributed by atoms with E-state index in [1.54, 1.807) is 21.9 Å². The minimum atomic E-state index is -0.744. The van der Waals surface area contributed by atoms with E-state index in [1.165, 1.54) is 13.4 Å². The molecule has 0 aliphatic carbocycles. The Morgan fingerprint density at radius 2 is 2.03 bits per heavy atom. The number of fused-ring (bicyclic) bond motifs is 1. The van der Waals surface area contributed by atoms with E-state index in [0.29, 0.717) is 35.2 Å². The average molecular weight is 498 g/mol. The molecule has 0 bridgehead atoms. The molecule has 9 nitrogen and oxygen atoms in total. The van der Waals surface area contributed by atoms with Crippen molar-refractivity contribution in [1.82, 2.24) is 19.8 Å². The molecule has 2 N–H and O–H groups in total. The molecule has 1 saturated heterocycles. The van der Waals surface area contributed by atoms with Gasteiger partial charge in [0.15, 0.2) is 6.61 Å². The van der Waals surface area contributed by atoms with Crippen molar-refractivity contribution in [2.75, 3.05) is 32.6 Å². The molecule has 184 valence electrons. The Hall–Kier alpha value is -3.43. The van der Waals surface area contributed by atoms with Crippen LogP contribution >= 0.6 is 11.6 Å². The zero-order chi connectivity index (χ0) is 25.1. The van der Waals surface area contributed by atoms with E-state index in [4.69, 9.17) is 26.8 Å². The number of rotatable bonds is 7. The van der Waals surface area contributed by atoms with Crippen LogP contribution in [0, 0.1) is 6.92 Å². The quantitative estimate of drug-likeness (QED) is 0.534. The first-order valence-electron chi connectivity index (χ1n) is 11.3. The molecule has 2 heterocycles. The van der Waals surface area contributed by atoms with Crippen LogP contribution in [0.15, 0.2) is 42.7 Å². The van der Waals surface area contributed by atoms with E-state index in [2.05, 4.69) is 9.97 Å². The van der Waals surface area contributed by atoms with Crippen molar-refractivity contribution in [3.63, 3.8) is 0 Å². The minimum Gasteiger partial charge on any atom is -0.483 e. The predicted molar refractivity (Wildman–Crippen MR) is 133 cm³/mol. The van der Waals surface area contributed by atoms with Gasteiger partial charge in [-0.2, -0.15) is 0 Å². The summed E-state index contributed by atoms with van der Waals surface area (Å²) in [5.74, 6) is 0.478. The second-order valence-corrected chi connectivity index (χ2v) is 9.08. The maximum atomic E-state index is 13.5. The molecule has 35 heavy (non-hydrogen) atoms. The number of aryl methyl sites for hydroxylation is 1. The monoisotopic (exact) mass is 497 g/mol. The molecule has 2 amide bonds. The van der Waals surface area contributed by atoms with Gasteiger partial charge in [0.1, 0.15) is 23.9 Å². The summed E-state index contributed by atoms with van der Waals surface area (Å²) in [6.07, 6.45) is 1.42. The molecule has 0 spiro atoms. The summed E-state index contributed by atoms with van der Waals surface area (Å²) < 4.78 is 11.0. The zero-order valence-corrected chi connectivity index (χ0v) is 20.7. The smallest absolute Gasteiger partial charge is 0.261 e. The summed E-state index contributed by atoms with van der Waals surface area (Å²) in [6.45, 7) is 4.42. The van der Waals surface area contributed by atoms with Crippen LogP contribution in [0.25, 0.3) is 10.9 Å². The lowest BCUT2D eigenvalue weighted by Gasteiger charge is -2.44. The Bertz CT molecular complexity index is 1250. The molecule has 1 unspecified atom stereocenters. The summed E-state index contributed by atoms with van der Waals surface area (Å²) in [4.78, 5) is 38.2. The topological polar surface area (TPSA) is 111 Å². The molecule has 4 rings (SSSR count). The van der Waals surface area contributed by atoms with Gasteiger partial charge in [-0.15, -0.1) is 0 Å². The van der Waals surface area contributed by atoms with Gasteiger partial charge in [0.2, 0.25) is 5.91 Å². The highest BCUT2D eigenvalue weighted by Gasteiger charge is 2.41. The Morgan fingerprint density at radius 1 is 1.23 bits per heavy atom. The number of hydrogen-bond donors (Lipinski definition) is 1. The van der Waals surface area contributed by atoms with Crippen LogP contribution in [-0.4, -0.2) is 70.5 Å². The molecule has 1 fully saturated rings. The van der Waals surface area contributed by atoms with Gasteiger partial charge in [-0.1, -0.05) is 23.7 Å². The van der Waals surface area contributed by atoms with Gasteiger partial charge in [0, 0.05) is 36.7 Å². The highest BCUT2D eigenvalue weighted by molar-refractivity contribution is 6.30. The van der Waals surface area contributed by atoms with Crippen LogP contribution in [0.3, 0.4) is 0 Å². The molecular weight excluding hydrogens is 470 g/mol. The largest absolute Gasteiger partial charge is 0.483 e. The fraction of sp³-hybridized carbons (Fsp3) is 0.360. The van der Waals surface area contributed by atoms with Gasteiger partial charge in [0.05, 0.1) is 12.1 Å². The van der Waals surface area contributed by atoms with Crippen molar-refractivity contribution in [2.24, 2.45) is 0 Å². The van der Waals surface area contributed by atoms with Crippen molar-refractivity contribution in [2.45, 2.75) is 32.5 Å². The first-order valence-corrected chi connectivity index (χ1v) is 11.6. The molecule has 10 heteroatoms. The van der Waals surface area contributed by atoms with Crippen molar-refractivity contribution in [3.8, 4) is 5.75 Å². The first-order chi connectivity index (χ1) is 16.8. The minimum absolute atomic E-state index is 0.0888. The molecule has 2 aromatic carbocycles. The number of carbonyl (C=O) groups excluding carboxylic acids is 2. The Labute approximate surface area is 208 Å². The second-order valence-electron chi connectivity index (χ2n) is 8.64. The van der Waals surface area contributed by atoms with Gasteiger partial charge in [-0.05, 0) is 49.2 Å². The Morgan fingerprint density at radius 3 is 2.80 bits per heavy atom. The van der Waals surface area contributed by atoms with Crippen molar-refractivity contribution in [3.05, 3.63) is 58.9 Å². The molecule has 2 atom stereocenters. The third-order valence-electron chi connectivity index (χ3n) is 6.17. The van der Waals surface area contributed by atoms with Crippen LogP contribution in [0.1, 0.15) is 18.1 Å². The number of nitrogens with two attached hydrogens (primary N) is 1. The molecule has 0 saturated carbocycles. The van der Waals surface area contributed by atoms with Crippen molar-refractivity contribution < 1.29 is 19.1 Å². The van der Waals surface area contributed by atoms with E-state index in [0.717, 1.165) is 16.5 Å². The lowest BCUT2D eigenvalue weighted by atomic mass is 10.0. The van der Waals surface area contributed by atoms with Gasteiger partial charge >= 0.3 is 0 Å². The number of amides is 2. The van der Waals surface area contributed by atoms with E-state index < -0.39 is 6.04 Å². The fourth-order valence-electron chi connectivity index (χ4n) is 4.25. The summed E-state index contributed by atoms with van der Waals surface area (Å²) in [5, 5.41) is 1.29. The number of anilines is 1. The van der Waals surface area contributed by atoms with E-state index >= 15 is 0 Å². The maximum absolute atomic E-state index is 13.5. The third-order valence-corrected chi connectivity index (χ3v) is 6.40. The van der Waals surface area contributed by atoms with E-state index in [1.807, 2.05) is 38.1 Å². The average Bonchev–Trinajstić information content (AvgIpc) is 2.84. The standard InChI is InChI=1S/C25H28ClN5O4/c1-15-4-6-18(26)9-22(15)35-13-23(32)31-10-16(2)30(25(33)21(31)12-34-3)11-17-5-7-19-20(8-17)28-14-29-24(19)27/h4-9,14,16,21H,10-13H2,1-3H3,(H2,27,28,29)/t16?,21-/m0/s1. The fourth-order valence-corrected chi connectivity index (χ4v) is 4.41. The zero-order valence-electron chi connectivity index (χ0n) is 19.9. The highest BCUT2D eigenvalue weighted by Crippen LogP contribution is 2.25. The molecule has 1 aliphatic rings. The van der Waals surface area contributed by atoms with Crippen molar-refractivity contribution >= 4 is 40.1 Å². The van der Waals surface area contributed by atoms with Gasteiger partial charge < -0.3 is 25.0 Å². The Kier molecular flexibility index (Phi) is 7.37.